The van der Waals surface area contributed by atoms with E-state index in [9.17, 15) is 10.1 Å². The number of likely N-dealkylation sites (tertiary alicyclic amines) is 1. The minimum absolute atomic E-state index is 0.0425. The molecule has 0 spiro atoms. The number of carbonyl (C=O) groups is 1. The molecule has 1 heterocycles. The van der Waals surface area contributed by atoms with Crippen LogP contribution in [0.5, 0.6) is 0 Å². The first-order valence-corrected chi connectivity index (χ1v) is 8.74. The molecule has 0 bridgehead atoms. The van der Waals surface area contributed by atoms with Crippen molar-refractivity contribution in [2.24, 2.45) is 0 Å². The summed E-state index contributed by atoms with van der Waals surface area (Å²) in [7, 11) is 0. The molecule has 1 amide bonds. The van der Waals surface area contributed by atoms with Gasteiger partial charge in [-0.3, -0.25) is 4.79 Å². The summed E-state index contributed by atoms with van der Waals surface area (Å²) >= 11 is 0. The Balaban J connectivity index is 1.74. The summed E-state index contributed by atoms with van der Waals surface area (Å²) < 4.78 is 0. The van der Waals surface area contributed by atoms with Crippen LogP contribution in [0.15, 0.2) is 42.5 Å². The first-order valence-electron chi connectivity index (χ1n) is 8.74. The topological polar surface area (TPSA) is 70.1 Å². The highest BCUT2D eigenvalue weighted by molar-refractivity contribution is 5.95. The van der Waals surface area contributed by atoms with Crippen molar-refractivity contribution in [1.29, 1.82) is 5.26 Å². The number of nitrogen functional groups attached to an aromatic ring is 1. The van der Waals surface area contributed by atoms with Crippen LogP contribution in [0.4, 0.5) is 5.69 Å². The third kappa shape index (κ3) is 3.66. The Morgan fingerprint density at radius 2 is 2.00 bits per heavy atom. The molecule has 1 aliphatic heterocycles. The van der Waals surface area contributed by atoms with Crippen molar-refractivity contribution in [3.63, 3.8) is 0 Å². The number of nitrogens with two attached hydrogens (primary N) is 1. The molecule has 1 aliphatic rings. The standard InChI is InChI=1S/C21H23N3O/c1-15-8-9-17(13-20(15)23)21(25)24-11-4-6-16(10-12-24)19-7-3-2-5-18(19)14-22/h2-3,5,7-9,13,16H,4,6,10-12,23H2,1H3. The van der Waals surface area contributed by atoms with Crippen molar-refractivity contribution in [3.8, 4) is 6.07 Å². The molecule has 2 N–H and O–H groups in total. The lowest BCUT2D eigenvalue weighted by atomic mass is 9.89. The van der Waals surface area contributed by atoms with Gasteiger partial charge in [0.2, 0.25) is 0 Å². The first-order chi connectivity index (χ1) is 12.1. The van der Waals surface area contributed by atoms with Crippen molar-refractivity contribution in [2.45, 2.75) is 32.1 Å². The second-order valence-electron chi connectivity index (χ2n) is 6.69. The number of carbonyl (C=O) groups excluding carboxylic acids is 1. The molecule has 0 radical (unpaired) electrons. The second-order valence-corrected chi connectivity index (χ2v) is 6.69. The summed E-state index contributed by atoms with van der Waals surface area (Å²) in [6, 6.07) is 15.6. The minimum Gasteiger partial charge on any atom is -0.398 e. The van der Waals surface area contributed by atoms with E-state index >= 15 is 0 Å². The predicted molar refractivity (Wildman–Crippen MR) is 99.2 cm³/mol. The zero-order valence-electron chi connectivity index (χ0n) is 14.5. The number of aryl methyl sites for hydroxylation is 1. The van der Waals surface area contributed by atoms with Crippen molar-refractivity contribution in [1.82, 2.24) is 4.90 Å². The van der Waals surface area contributed by atoms with Crippen molar-refractivity contribution in [2.75, 3.05) is 18.8 Å². The van der Waals surface area contributed by atoms with Crippen LogP contribution >= 0.6 is 0 Å². The molecule has 1 atom stereocenters. The van der Waals surface area contributed by atoms with E-state index in [1.54, 1.807) is 6.07 Å². The summed E-state index contributed by atoms with van der Waals surface area (Å²) in [4.78, 5) is 14.7. The number of hydrogen-bond donors (Lipinski definition) is 1. The monoisotopic (exact) mass is 333 g/mol. The largest absolute Gasteiger partial charge is 0.398 e. The minimum atomic E-state index is 0.0425. The van der Waals surface area contributed by atoms with E-state index in [1.165, 1.54) is 0 Å². The number of amides is 1. The molecular weight excluding hydrogens is 310 g/mol. The van der Waals surface area contributed by atoms with Crippen LogP contribution in [0.25, 0.3) is 0 Å². The van der Waals surface area contributed by atoms with Gasteiger partial charge in [-0.1, -0.05) is 24.3 Å². The van der Waals surface area contributed by atoms with Gasteiger partial charge in [0.25, 0.3) is 5.91 Å². The van der Waals surface area contributed by atoms with E-state index in [0.29, 0.717) is 23.7 Å². The Morgan fingerprint density at radius 1 is 1.20 bits per heavy atom. The quantitative estimate of drug-likeness (QED) is 0.848. The Morgan fingerprint density at radius 3 is 2.76 bits per heavy atom. The second kappa shape index (κ2) is 7.40. The molecule has 0 aliphatic carbocycles. The Labute approximate surface area is 148 Å². The highest BCUT2D eigenvalue weighted by Crippen LogP contribution is 2.30. The van der Waals surface area contributed by atoms with Crippen LogP contribution in [0.1, 0.15) is 52.2 Å². The SMILES string of the molecule is Cc1ccc(C(=O)N2CCCC(c3ccccc3C#N)CC2)cc1N. The highest BCUT2D eigenvalue weighted by atomic mass is 16.2. The molecule has 1 unspecified atom stereocenters. The fraction of sp³-hybridized carbons (Fsp3) is 0.333. The van der Waals surface area contributed by atoms with Crippen LogP contribution in [0, 0.1) is 18.3 Å². The molecule has 3 rings (SSSR count). The molecule has 2 aromatic carbocycles. The number of anilines is 1. The van der Waals surface area contributed by atoms with Gasteiger partial charge < -0.3 is 10.6 Å². The zero-order valence-corrected chi connectivity index (χ0v) is 14.5. The average Bonchev–Trinajstić information content (AvgIpc) is 2.89. The van der Waals surface area contributed by atoms with Crippen LogP contribution < -0.4 is 5.73 Å². The van der Waals surface area contributed by atoms with E-state index in [1.807, 2.05) is 48.2 Å². The third-order valence-corrected chi connectivity index (χ3v) is 5.06. The molecule has 1 saturated heterocycles. The van der Waals surface area contributed by atoms with Crippen molar-refractivity contribution < 1.29 is 4.79 Å². The van der Waals surface area contributed by atoms with Gasteiger partial charge in [0.15, 0.2) is 0 Å². The molecule has 0 saturated carbocycles. The van der Waals surface area contributed by atoms with E-state index in [-0.39, 0.29) is 5.91 Å². The maximum absolute atomic E-state index is 12.8. The Bertz CT molecular complexity index is 822. The Kier molecular flexibility index (Phi) is 5.04. The molecule has 1 fully saturated rings. The molecular formula is C21H23N3O. The van der Waals surface area contributed by atoms with E-state index < -0.39 is 0 Å². The summed E-state index contributed by atoms with van der Waals surface area (Å²) in [5.74, 6) is 0.373. The molecule has 25 heavy (non-hydrogen) atoms. The maximum Gasteiger partial charge on any atom is 0.253 e. The fourth-order valence-electron chi connectivity index (χ4n) is 3.52. The lowest BCUT2D eigenvalue weighted by Gasteiger charge is -2.21. The maximum atomic E-state index is 12.8. The van der Waals surface area contributed by atoms with Gasteiger partial charge in [0.1, 0.15) is 0 Å². The van der Waals surface area contributed by atoms with Gasteiger partial charge in [-0.25, -0.2) is 0 Å². The molecule has 4 heteroatoms. The van der Waals surface area contributed by atoms with E-state index in [2.05, 4.69) is 6.07 Å². The fourth-order valence-corrected chi connectivity index (χ4v) is 3.52. The average molecular weight is 333 g/mol. The van der Waals surface area contributed by atoms with E-state index in [0.717, 1.165) is 42.5 Å². The number of hydrogen-bond acceptors (Lipinski definition) is 3. The molecule has 4 nitrogen and oxygen atoms in total. The lowest BCUT2D eigenvalue weighted by molar-refractivity contribution is 0.0761. The number of nitriles is 1. The van der Waals surface area contributed by atoms with Gasteiger partial charge in [0, 0.05) is 24.3 Å². The number of rotatable bonds is 2. The number of benzene rings is 2. The highest BCUT2D eigenvalue weighted by Gasteiger charge is 2.24. The van der Waals surface area contributed by atoms with Gasteiger partial charge >= 0.3 is 0 Å². The smallest absolute Gasteiger partial charge is 0.253 e. The summed E-state index contributed by atoms with van der Waals surface area (Å²) in [5.41, 5.74) is 10.1. The van der Waals surface area contributed by atoms with Crippen LogP contribution in [0.3, 0.4) is 0 Å². The molecule has 128 valence electrons. The number of nitrogens with zero attached hydrogens (tertiary/aromatic N) is 2. The molecule has 2 aromatic rings. The predicted octanol–water partition coefficient (Wildman–Crippen LogP) is 3.86. The first kappa shape index (κ1) is 17.0. The van der Waals surface area contributed by atoms with Gasteiger partial charge in [-0.05, 0) is 61.4 Å². The summed E-state index contributed by atoms with van der Waals surface area (Å²) in [6.45, 7) is 3.39. The van der Waals surface area contributed by atoms with Gasteiger partial charge in [0.05, 0.1) is 11.6 Å². The van der Waals surface area contributed by atoms with Gasteiger partial charge in [-0.15, -0.1) is 0 Å². The summed E-state index contributed by atoms with van der Waals surface area (Å²) in [6.07, 6.45) is 2.82. The van der Waals surface area contributed by atoms with Crippen LogP contribution in [-0.2, 0) is 0 Å². The van der Waals surface area contributed by atoms with Crippen molar-refractivity contribution >= 4 is 11.6 Å². The zero-order chi connectivity index (χ0) is 17.8. The normalized spacial score (nSPS) is 17.6. The third-order valence-electron chi connectivity index (χ3n) is 5.06. The lowest BCUT2D eigenvalue weighted by Crippen LogP contribution is -2.32. The summed E-state index contributed by atoms with van der Waals surface area (Å²) in [5, 5.41) is 9.33. The van der Waals surface area contributed by atoms with E-state index in [4.69, 9.17) is 5.73 Å². The Hall–Kier alpha value is -2.80. The van der Waals surface area contributed by atoms with Crippen LogP contribution in [0.2, 0.25) is 0 Å². The van der Waals surface area contributed by atoms with Gasteiger partial charge in [-0.2, -0.15) is 5.26 Å². The molecule has 0 aromatic heterocycles. The van der Waals surface area contributed by atoms with Crippen molar-refractivity contribution in [3.05, 3.63) is 64.7 Å². The van der Waals surface area contributed by atoms with Crippen LogP contribution in [-0.4, -0.2) is 23.9 Å².